The average Bonchev–Trinajstić information content (AvgIpc) is 2.00. The highest BCUT2D eigenvalue weighted by atomic mass is 32.1. The Morgan fingerprint density at radius 3 is 1.82 bits per heavy atom. The van der Waals surface area contributed by atoms with Crippen LogP contribution in [0.25, 0.3) is 0 Å². The zero-order valence-corrected chi connectivity index (χ0v) is 6.90. The van der Waals surface area contributed by atoms with Crippen molar-refractivity contribution in [2.45, 2.75) is 31.3 Å². The van der Waals surface area contributed by atoms with Gasteiger partial charge in [0.15, 0.2) is 0 Å². The maximum absolute atomic E-state index is 9.00. The molecule has 0 aromatic heterocycles. The first-order valence-electron chi connectivity index (χ1n) is 3.18. The largest absolute Gasteiger partial charge is 0.391 e. The standard InChI is InChI=1S/C6H12O4S/c1-3(7)5(9)6(10)4(8)2-11/h2-10H,1H3. The molecule has 0 aliphatic carbocycles. The van der Waals surface area contributed by atoms with E-state index in [2.05, 4.69) is 12.2 Å². The Hall–Kier alpha value is -0.0700. The fraction of sp³-hybridized carbons (Fsp3) is 0.833. The molecule has 0 aromatic rings. The van der Waals surface area contributed by atoms with Gasteiger partial charge in [-0.15, -0.1) is 0 Å². The summed E-state index contributed by atoms with van der Waals surface area (Å²) in [4.78, 5) is 0. The summed E-state index contributed by atoms with van der Waals surface area (Å²) in [5.41, 5.74) is 0. The van der Waals surface area contributed by atoms with Crippen LogP contribution in [0, 0.1) is 0 Å². The van der Waals surface area contributed by atoms with Crippen LogP contribution in [-0.2, 0) is 0 Å². The van der Waals surface area contributed by atoms with Crippen molar-refractivity contribution in [1.29, 1.82) is 0 Å². The van der Waals surface area contributed by atoms with Gasteiger partial charge in [0.05, 0.1) is 6.10 Å². The van der Waals surface area contributed by atoms with Gasteiger partial charge in [0.1, 0.15) is 18.3 Å². The van der Waals surface area contributed by atoms with Crippen LogP contribution in [0.1, 0.15) is 6.92 Å². The molecule has 0 aliphatic rings. The first-order valence-corrected chi connectivity index (χ1v) is 3.65. The van der Waals surface area contributed by atoms with Crippen LogP contribution in [-0.4, -0.2) is 50.2 Å². The van der Waals surface area contributed by atoms with Gasteiger partial charge in [-0.2, -0.15) is 0 Å². The summed E-state index contributed by atoms with van der Waals surface area (Å²) in [6.07, 6.45) is -5.17. The van der Waals surface area contributed by atoms with E-state index < -0.39 is 24.4 Å². The molecule has 0 rings (SSSR count). The molecule has 0 saturated carbocycles. The van der Waals surface area contributed by atoms with E-state index in [1.165, 1.54) is 6.92 Å². The molecule has 0 bridgehead atoms. The van der Waals surface area contributed by atoms with Crippen molar-refractivity contribution in [2.24, 2.45) is 0 Å². The second kappa shape index (κ2) is 4.74. The fourth-order valence-electron chi connectivity index (χ4n) is 0.568. The summed E-state index contributed by atoms with van der Waals surface area (Å²) >= 11 is 4.33. The molecule has 4 atom stereocenters. The lowest BCUT2D eigenvalue weighted by atomic mass is 10.1. The summed E-state index contributed by atoms with van der Waals surface area (Å²) in [5.74, 6) is 0. The maximum Gasteiger partial charge on any atom is 0.113 e. The quantitative estimate of drug-likeness (QED) is 0.394. The van der Waals surface area contributed by atoms with E-state index in [9.17, 15) is 0 Å². The smallest absolute Gasteiger partial charge is 0.113 e. The summed E-state index contributed by atoms with van der Waals surface area (Å²) in [6.45, 7) is 1.31. The minimum atomic E-state index is -1.42. The van der Waals surface area contributed by atoms with Crippen LogP contribution < -0.4 is 0 Å². The molecule has 0 saturated heterocycles. The molecule has 0 spiro atoms. The van der Waals surface area contributed by atoms with Crippen molar-refractivity contribution in [2.75, 3.05) is 0 Å². The molecule has 5 heteroatoms. The third kappa shape index (κ3) is 3.22. The SMILES string of the molecule is CC(O)C(O)C(O)C(O)C=S. The summed E-state index contributed by atoms with van der Waals surface area (Å²) < 4.78 is 0. The summed E-state index contributed by atoms with van der Waals surface area (Å²) in [5, 5.41) is 36.5. The lowest BCUT2D eigenvalue weighted by Crippen LogP contribution is -2.43. The Morgan fingerprint density at radius 2 is 1.55 bits per heavy atom. The molecule has 11 heavy (non-hydrogen) atoms. The number of aliphatic hydroxyl groups is 4. The Kier molecular flexibility index (Phi) is 4.71. The van der Waals surface area contributed by atoms with Crippen molar-refractivity contribution in [3.63, 3.8) is 0 Å². The highest BCUT2D eigenvalue weighted by Crippen LogP contribution is 2.02. The first kappa shape index (κ1) is 10.9. The van der Waals surface area contributed by atoms with Gasteiger partial charge in [-0.05, 0) is 6.92 Å². The molecule has 66 valence electrons. The molecule has 4 N–H and O–H groups in total. The number of rotatable bonds is 4. The summed E-state index contributed by atoms with van der Waals surface area (Å²) in [6, 6.07) is 0. The molecule has 0 fully saturated rings. The molecule has 4 unspecified atom stereocenters. The van der Waals surface area contributed by atoms with Gasteiger partial charge in [0.2, 0.25) is 0 Å². The van der Waals surface area contributed by atoms with Crippen LogP contribution in [0.2, 0.25) is 0 Å². The topological polar surface area (TPSA) is 80.9 Å². The second-order valence-electron chi connectivity index (χ2n) is 2.35. The molecule has 0 amide bonds. The monoisotopic (exact) mass is 180 g/mol. The summed E-state index contributed by atoms with van der Waals surface area (Å²) in [7, 11) is 0. The number of aliphatic hydroxyl groups excluding tert-OH is 4. The highest BCUT2D eigenvalue weighted by molar-refractivity contribution is 7.79. The number of thiocarbonyl (C=S) groups is 1. The Bertz CT molecular complexity index is 128. The van der Waals surface area contributed by atoms with E-state index in [0.717, 1.165) is 5.37 Å². The van der Waals surface area contributed by atoms with E-state index in [4.69, 9.17) is 20.4 Å². The van der Waals surface area contributed by atoms with Gasteiger partial charge in [-0.1, -0.05) is 12.2 Å². The van der Waals surface area contributed by atoms with Crippen molar-refractivity contribution in [3.05, 3.63) is 0 Å². The predicted octanol–water partition coefficient (Wildman–Crippen LogP) is -1.55. The van der Waals surface area contributed by atoms with E-state index in [1.54, 1.807) is 0 Å². The van der Waals surface area contributed by atoms with Crippen molar-refractivity contribution in [3.8, 4) is 0 Å². The van der Waals surface area contributed by atoms with Gasteiger partial charge >= 0.3 is 0 Å². The van der Waals surface area contributed by atoms with Crippen LogP contribution >= 0.6 is 12.2 Å². The van der Waals surface area contributed by atoms with Crippen LogP contribution in [0.15, 0.2) is 0 Å². The third-order valence-corrected chi connectivity index (χ3v) is 1.61. The minimum absolute atomic E-state index is 0.927. The fourth-order valence-corrected chi connectivity index (χ4v) is 0.729. The highest BCUT2D eigenvalue weighted by Gasteiger charge is 2.26. The van der Waals surface area contributed by atoms with Crippen LogP contribution in [0.5, 0.6) is 0 Å². The predicted molar refractivity (Wildman–Crippen MR) is 43.4 cm³/mol. The zero-order chi connectivity index (χ0) is 9.02. The molecule has 0 radical (unpaired) electrons. The average molecular weight is 180 g/mol. The van der Waals surface area contributed by atoms with Crippen molar-refractivity contribution < 1.29 is 20.4 Å². The molecule has 4 nitrogen and oxygen atoms in total. The van der Waals surface area contributed by atoms with Crippen LogP contribution in [0.4, 0.5) is 0 Å². The molecular formula is C6H12O4S. The number of hydrogen-bond donors (Lipinski definition) is 4. The third-order valence-electron chi connectivity index (χ3n) is 1.33. The maximum atomic E-state index is 9.00. The zero-order valence-electron chi connectivity index (χ0n) is 6.08. The first-order chi connectivity index (χ1) is 5.00. The van der Waals surface area contributed by atoms with E-state index in [0.29, 0.717) is 0 Å². The van der Waals surface area contributed by atoms with Gasteiger partial charge in [0.25, 0.3) is 0 Å². The Balaban J connectivity index is 4.00. The second-order valence-corrected chi connectivity index (χ2v) is 2.62. The molecule has 0 heterocycles. The van der Waals surface area contributed by atoms with Gasteiger partial charge in [-0.3, -0.25) is 0 Å². The van der Waals surface area contributed by atoms with Gasteiger partial charge < -0.3 is 20.4 Å². The normalized spacial score (nSPS) is 21.9. The van der Waals surface area contributed by atoms with E-state index in [-0.39, 0.29) is 0 Å². The lowest BCUT2D eigenvalue weighted by molar-refractivity contribution is -0.0816. The lowest BCUT2D eigenvalue weighted by Gasteiger charge is -2.21. The van der Waals surface area contributed by atoms with Gasteiger partial charge in [0, 0.05) is 5.37 Å². The van der Waals surface area contributed by atoms with E-state index >= 15 is 0 Å². The molecule has 0 aliphatic heterocycles. The molecular weight excluding hydrogens is 168 g/mol. The Labute approximate surface area is 70.1 Å². The molecule has 0 aromatic carbocycles. The van der Waals surface area contributed by atoms with Crippen molar-refractivity contribution in [1.82, 2.24) is 0 Å². The minimum Gasteiger partial charge on any atom is -0.391 e. The van der Waals surface area contributed by atoms with Crippen LogP contribution in [0.3, 0.4) is 0 Å². The van der Waals surface area contributed by atoms with Gasteiger partial charge in [-0.25, -0.2) is 0 Å². The number of hydrogen-bond acceptors (Lipinski definition) is 5. The van der Waals surface area contributed by atoms with Crippen molar-refractivity contribution >= 4 is 17.6 Å². The Morgan fingerprint density at radius 1 is 1.09 bits per heavy atom. The van der Waals surface area contributed by atoms with E-state index in [1.807, 2.05) is 0 Å².